The molecular weight excluding hydrogens is 227 g/mol. The number of allylic oxidation sites excluding steroid dienone is 2. The van der Waals surface area contributed by atoms with Gasteiger partial charge < -0.3 is 0 Å². The molecule has 1 aromatic rings. The Morgan fingerprint density at radius 1 is 1.44 bits per heavy atom. The van der Waals surface area contributed by atoms with E-state index < -0.39 is 0 Å². The van der Waals surface area contributed by atoms with E-state index in [-0.39, 0.29) is 18.0 Å². The van der Waals surface area contributed by atoms with Crippen LogP contribution in [0.25, 0.3) is 0 Å². The molecule has 0 radical (unpaired) electrons. The zero-order chi connectivity index (χ0) is 11.5. The predicted molar refractivity (Wildman–Crippen MR) is 62.1 cm³/mol. The summed E-state index contributed by atoms with van der Waals surface area (Å²) in [6.07, 6.45) is 5.15. The highest BCUT2D eigenvalue weighted by molar-refractivity contribution is 6.31. The summed E-state index contributed by atoms with van der Waals surface area (Å²) in [5, 5.41) is 0.326. The maximum absolute atomic E-state index is 12.8. The standard InChI is InChI=1S/C13H12ClFO/c14-12-8-11(15)6-5-10(12)7-13(16)9-3-1-2-4-9/h3,5-6,8H,1-2,4,7H2. The normalized spacial score (nSPS) is 15.0. The van der Waals surface area contributed by atoms with Gasteiger partial charge >= 0.3 is 0 Å². The van der Waals surface area contributed by atoms with Crippen molar-refractivity contribution in [2.75, 3.05) is 0 Å². The van der Waals surface area contributed by atoms with E-state index in [4.69, 9.17) is 11.6 Å². The van der Waals surface area contributed by atoms with Crippen LogP contribution in [0.15, 0.2) is 29.8 Å². The van der Waals surface area contributed by atoms with Crippen LogP contribution in [0.3, 0.4) is 0 Å². The first-order valence-electron chi connectivity index (χ1n) is 5.33. The molecule has 0 saturated carbocycles. The van der Waals surface area contributed by atoms with Gasteiger partial charge in [-0.15, -0.1) is 0 Å². The van der Waals surface area contributed by atoms with E-state index in [0.29, 0.717) is 10.6 Å². The number of Topliss-reactive ketones (excluding diaryl/α,β-unsaturated/α-hetero) is 1. The van der Waals surface area contributed by atoms with E-state index in [2.05, 4.69) is 0 Å². The van der Waals surface area contributed by atoms with Crippen molar-refractivity contribution in [3.8, 4) is 0 Å². The number of hydrogen-bond donors (Lipinski definition) is 0. The molecule has 0 bridgehead atoms. The van der Waals surface area contributed by atoms with E-state index in [1.165, 1.54) is 12.1 Å². The van der Waals surface area contributed by atoms with Crippen molar-refractivity contribution in [2.45, 2.75) is 25.7 Å². The SMILES string of the molecule is O=C(Cc1ccc(F)cc1Cl)C1=CCCC1. The molecule has 0 spiro atoms. The summed E-state index contributed by atoms with van der Waals surface area (Å²) in [7, 11) is 0. The summed E-state index contributed by atoms with van der Waals surface area (Å²) in [5.41, 5.74) is 1.58. The van der Waals surface area contributed by atoms with Gasteiger partial charge in [0.05, 0.1) is 0 Å². The molecule has 0 aliphatic heterocycles. The number of carbonyl (C=O) groups is 1. The minimum absolute atomic E-state index is 0.103. The van der Waals surface area contributed by atoms with Crippen LogP contribution in [-0.2, 0) is 11.2 Å². The van der Waals surface area contributed by atoms with Gasteiger partial charge in [0.1, 0.15) is 5.82 Å². The molecule has 0 fully saturated rings. The molecule has 1 nitrogen and oxygen atoms in total. The van der Waals surface area contributed by atoms with Crippen molar-refractivity contribution in [3.05, 3.63) is 46.3 Å². The molecule has 0 saturated heterocycles. The second kappa shape index (κ2) is 4.79. The largest absolute Gasteiger partial charge is 0.294 e. The number of benzene rings is 1. The molecule has 0 amide bonds. The molecule has 1 aliphatic carbocycles. The van der Waals surface area contributed by atoms with Gasteiger partial charge in [-0.05, 0) is 42.5 Å². The van der Waals surface area contributed by atoms with Gasteiger partial charge in [0.2, 0.25) is 0 Å². The number of carbonyl (C=O) groups excluding carboxylic acids is 1. The van der Waals surface area contributed by atoms with Crippen LogP contribution in [-0.4, -0.2) is 5.78 Å². The molecule has 1 aliphatic rings. The lowest BCUT2D eigenvalue weighted by Crippen LogP contribution is -2.05. The molecule has 2 rings (SSSR count). The summed E-state index contributed by atoms with van der Waals surface area (Å²) >= 11 is 5.87. The first-order valence-corrected chi connectivity index (χ1v) is 5.71. The molecule has 1 aromatic carbocycles. The van der Waals surface area contributed by atoms with Gasteiger partial charge in [0.15, 0.2) is 5.78 Å². The zero-order valence-electron chi connectivity index (χ0n) is 8.80. The Labute approximate surface area is 98.9 Å². The third-order valence-electron chi connectivity index (χ3n) is 2.77. The quantitative estimate of drug-likeness (QED) is 0.785. The Hall–Kier alpha value is -1.15. The van der Waals surface area contributed by atoms with Crippen molar-refractivity contribution in [3.63, 3.8) is 0 Å². The Balaban J connectivity index is 2.11. The number of rotatable bonds is 3. The van der Waals surface area contributed by atoms with E-state index in [0.717, 1.165) is 24.8 Å². The first kappa shape index (κ1) is 11.3. The Kier molecular flexibility index (Phi) is 3.39. The molecule has 0 unspecified atom stereocenters. The van der Waals surface area contributed by atoms with Crippen LogP contribution in [0.1, 0.15) is 24.8 Å². The zero-order valence-corrected chi connectivity index (χ0v) is 9.56. The minimum Gasteiger partial charge on any atom is -0.294 e. The third kappa shape index (κ3) is 2.50. The maximum Gasteiger partial charge on any atom is 0.162 e. The van der Waals surface area contributed by atoms with Crippen LogP contribution in [0.2, 0.25) is 5.02 Å². The molecule has 16 heavy (non-hydrogen) atoms. The van der Waals surface area contributed by atoms with E-state index >= 15 is 0 Å². The second-order valence-electron chi connectivity index (χ2n) is 3.96. The highest BCUT2D eigenvalue weighted by Gasteiger charge is 2.15. The monoisotopic (exact) mass is 238 g/mol. The number of hydrogen-bond acceptors (Lipinski definition) is 1. The van der Waals surface area contributed by atoms with Gasteiger partial charge in [0.25, 0.3) is 0 Å². The third-order valence-corrected chi connectivity index (χ3v) is 3.12. The van der Waals surface area contributed by atoms with Crippen molar-refractivity contribution < 1.29 is 9.18 Å². The minimum atomic E-state index is -0.374. The maximum atomic E-state index is 12.8. The smallest absolute Gasteiger partial charge is 0.162 e. The highest BCUT2D eigenvalue weighted by atomic mass is 35.5. The molecule has 0 heterocycles. The summed E-state index contributed by atoms with van der Waals surface area (Å²) in [6.45, 7) is 0. The van der Waals surface area contributed by atoms with Gasteiger partial charge in [-0.3, -0.25) is 4.79 Å². The topological polar surface area (TPSA) is 17.1 Å². The van der Waals surface area contributed by atoms with Crippen molar-refractivity contribution >= 4 is 17.4 Å². The van der Waals surface area contributed by atoms with Crippen molar-refractivity contribution in [2.24, 2.45) is 0 Å². The molecule has 0 atom stereocenters. The lowest BCUT2D eigenvalue weighted by atomic mass is 10.0. The van der Waals surface area contributed by atoms with E-state index in [1.54, 1.807) is 6.07 Å². The summed E-state index contributed by atoms with van der Waals surface area (Å²) in [5.74, 6) is -0.271. The average molecular weight is 239 g/mol. The van der Waals surface area contributed by atoms with E-state index in [1.807, 2.05) is 6.08 Å². The Morgan fingerprint density at radius 2 is 2.25 bits per heavy atom. The molecule has 3 heteroatoms. The first-order chi connectivity index (χ1) is 7.66. The summed E-state index contributed by atoms with van der Waals surface area (Å²) < 4.78 is 12.8. The fourth-order valence-electron chi connectivity index (χ4n) is 1.88. The van der Waals surface area contributed by atoms with Crippen molar-refractivity contribution in [1.82, 2.24) is 0 Å². The van der Waals surface area contributed by atoms with Crippen LogP contribution < -0.4 is 0 Å². The lowest BCUT2D eigenvalue weighted by molar-refractivity contribution is -0.115. The van der Waals surface area contributed by atoms with E-state index in [9.17, 15) is 9.18 Å². The molecule has 84 valence electrons. The van der Waals surface area contributed by atoms with Crippen LogP contribution in [0, 0.1) is 5.82 Å². The molecular formula is C13H12ClFO. The number of ketones is 1. The van der Waals surface area contributed by atoms with Gasteiger partial charge in [0, 0.05) is 11.4 Å². The number of halogens is 2. The Bertz CT molecular complexity index is 451. The van der Waals surface area contributed by atoms with Gasteiger partial charge in [-0.1, -0.05) is 23.7 Å². The van der Waals surface area contributed by atoms with Crippen LogP contribution in [0.5, 0.6) is 0 Å². The highest BCUT2D eigenvalue weighted by Crippen LogP contribution is 2.23. The second-order valence-corrected chi connectivity index (χ2v) is 4.36. The summed E-state index contributed by atoms with van der Waals surface area (Å²) in [4.78, 5) is 11.8. The van der Waals surface area contributed by atoms with Crippen LogP contribution >= 0.6 is 11.6 Å². The molecule has 0 aromatic heterocycles. The predicted octanol–water partition coefficient (Wildman–Crippen LogP) is 3.70. The fraction of sp³-hybridized carbons (Fsp3) is 0.308. The van der Waals surface area contributed by atoms with Crippen LogP contribution in [0.4, 0.5) is 4.39 Å². The van der Waals surface area contributed by atoms with Gasteiger partial charge in [-0.2, -0.15) is 0 Å². The Morgan fingerprint density at radius 3 is 2.88 bits per heavy atom. The van der Waals surface area contributed by atoms with Gasteiger partial charge in [-0.25, -0.2) is 4.39 Å². The lowest BCUT2D eigenvalue weighted by Gasteiger charge is -2.04. The molecule has 0 N–H and O–H groups in total. The van der Waals surface area contributed by atoms with Crippen molar-refractivity contribution in [1.29, 1.82) is 0 Å². The fourth-order valence-corrected chi connectivity index (χ4v) is 2.11. The summed E-state index contributed by atoms with van der Waals surface area (Å²) in [6, 6.07) is 4.15. The average Bonchev–Trinajstić information content (AvgIpc) is 2.75.